The highest BCUT2D eigenvalue weighted by Gasteiger charge is 2.12. The summed E-state index contributed by atoms with van der Waals surface area (Å²) in [5, 5.41) is 0.900. The minimum Gasteiger partial charge on any atom is -0.422 e. The van der Waals surface area contributed by atoms with Crippen LogP contribution >= 0.6 is 23.2 Å². The predicted molar refractivity (Wildman–Crippen MR) is 73.3 cm³/mol. The first kappa shape index (κ1) is 13.6. The number of ether oxygens (including phenoxy) is 1. The Morgan fingerprint density at radius 2 is 1.63 bits per heavy atom. The van der Waals surface area contributed by atoms with Gasteiger partial charge in [0, 0.05) is 16.1 Å². The molecule has 0 aliphatic rings. The first-order valence-corrected chi connectivity index (χ1v) is 6.08. The molecule has 0 saturated carbocycles. The summed E-state index contributed by atoms with van der Waals surface area (Å²) in [7, 11) is 0. The number of rotatable bonds is 3. The molecule has 0 spiro atoms. The van der Waals surface area contributed by atoms with Crippen LogP contribution in [0.15, 0.2) is 42.5 Å². The van der Waals surface area contributed by atoms with Gasteiger partial charge in [-0.15, -0.1) is 0 Å². The summed E-state index contributed by atoms with van der Waals surface area (Å²) in [6.07, 6.45) is 0.598. The van der Waals surface area contributed by atoms with Crippen molar-refractivity contribution in [3.63, 3.8) is 0 Å². The van der Waals surface area contributed by atoms with E-state index in [0.717, 1.165) is 0 Å². The van der Waals surface area contributed by atoms with Gasteiger partial charge in [-0.25, -0.2) is 4.79 Å². The van der Waals surface area contributed by atoms with Crippen LogP contribution in [0.4, 0.5) is 0 Å². The van der Waals surface area contributed by atoms with Gasteiger partial charge >= 0.3 is 5.97 Å². The topological polar surface area (TPSA) is 43.4 Å². The van der Waals surface area contributed by atoms with Gasteiger partial charge in [0.1, 0.15) is 5.75 Å². The number of hydrogen-bond acceptors (Lipinski definition) is 3. The van der Waals surface area contributed by atoms with E-state index in [1.54, 1.807) is 18.2 Å². The summed E-state index contributed by atoms with van der Waals surface area (Å²) in [5.74, 6) is -0.454. The Labute approximate surface area is 119 Å². The van der Waals surface area contributed by atoms with E-state index >= 15 is 0 Å². The minimum atomic E-state index is -0.581. The maximum Gasteiger partial charge on any atom is 0.343 e. The molecule has 3 nitrogen and oxygen atoms in total. The van der Waals surface area contributed by atoms with E-state index in [9.17, 15) is 9.59 Å². The molecule has 19 heavy (non-hydrogen) atoms. The second-order valence-corrected chi connectivity index (χ2v) is 4.57. The molecule has 2 aromatic rings. The van der Waals surface area contributed by atoms with Crippen LogP contribution in [0, 0.1) is 0 Å². The van der Waals surface area contributed by atoms with Crippen molar-refractivity contribution in [3.05, 3.63) is 63.6 Å². The van der Waals surface area contributed by atoms with Crippen molar-refractivity contribution in [2.45, 2.75) is 0 Å². The molecule has 96 valence electrons. The monoisotopic (exact) mass is 294 g/mol. The second-order valence-electron chi connectivity index (χ2n) is 3.70. The molecule has 0 heterocycles. The molecule has 5 heteroatoms. The number of benzene rings is 2. The highest BCUT2D eigenvalue weighted by atomic mass is 35.5. The van der Waals surface area contributed by atoms with Gasteiger partial charge in [-0.05, 0) is 36.4 Å². The van der Waals surface area contributed by atoms with Crippen LogP contribution in [0.2, 0.25) is 10.0 Å². The number of halogens is 2. The molecule has 0 radical (unpaired) electrons. The Bertz CT molecular complexity index is 621. The van der Waals surface area contributed by atoms with Crippen molar-refractivity contribution in [2.75, 3.05) is 0 Å². The van der Waals surface area contributed by atoms with Crippen molar-refractivity contribution in [2.24, 2.45) is 0 Å². The number of esters is 1. The van der Waals surface area contributed by atoms with E-state index in [1.165, 1.54) is 24.3 Å². The standard InChI is InChI=1S/C14H8Cl2O3/c15-11-4-1-9(2-5-11)14(18)19-13-7-12(16)6-3-10(13)8-17/h1-8H. The molecule has 0 amide bonds. The number of aldehydes is 1. The summed E-state index contributed by atoms with van der Waals surface area (Å²) >= 11 is 11.5. The zero-order valence-corrected chi connectivity index (χ0v) is 11.1. The van der Waals surface area contributed by atoms with Crippen LogP contribution in [-0.2, 0) is 0 Å². The molecule has 2 rings (SSSR count). The molecule has 0 atom stereocenters. The molecule has 0 aliphatic carbocycles. The van der Waals surface area contributed by atoms with Crippen molar-refractivity contribution >= 4 is 35.5 Å². The highest BCUT2D eigenvalue weighted by molar-refractivity contribution is 6.31. The van der Waals surface area contributed by atoms with Crippen molar-refractivity contribution in [3.8, 4) is 5.75 Å². The van der Waals surface area contributed by atoms with Gasteiger partial charge in [0.2, 0.25) is 0 Å². The summed E-state index contributed by atoms with van der Waals surface area (Å²) in [4.78, 5) is 22.7. The van der Waals surface area contributed by atoms with Gasteiger partial charge in [0.05, 0.1) is 11.1 Å². The fraction of sp³-hybridized carbons (Fsp3) is 0. The highest BCUT2D eigenvalue weighted by Crippen LogP contribution is 2.23. The maximum absolute atomic E-state index is 11.9. The van der Waals surface area contributed by atoms with E-state index in [4.69, 9.17) is 27.9 Å². The van der Waals surface area contributed by atoms with Gasteiger partial charge in [0.25, 0.3) is 0 Å². The van der Waals surface area contributed by atoms with E-state index in [-0.39, 0.29) is 11.3 Å². The third-order valence-corrected chi connectivity index (χ3v) is 2.87. The van der Waals surface area contributed by atoms with Gasteiger partial charge in [-0.1, -0.05) is 23.2 Å². The zero-order chi connectivity index (χ0) is 13.8. The lowest BCUT2D eigenvalue weighted by Crippen LogP contribution is -2.09. The summed E-state index contributed by atoms with van der Waals surface area (Å²) < 4.78 is 5.15. The molecule has 2 aromatic carbocycles. The van der Waals surface area contributed by atoms with Crippen LogP contribution in [0.25, 0.3) is 0 Å². The smallest absolute Gasteiger partial charge is 0.343 e. The summed E-state index contributed by atoms with van der Waals surface area (Å²) in [6, 6.07) is 10.7. The van der Waals surface area contributed by atoms with Crippen molar-refractivity contribution in [1.82, 2.24) is 0 Å². The van der Waals surface area contributed by atoms with Gasteiger partial charge in [-0.3, -0.25) is 4.79 Å². The summed E-state index contributed by atoms with van der Waals surface area (Å²) in [5.41, 5.74) is 0.591. The molecule has 0 aliphatic heterocycles. The Morgan fingerprint density at radius 3 is 2.26 bits per heavy atom. The van der Waals surface area contributed by atoms with E-state index < -0.39 is 5.97 Å². The van der Waals surface area contributed by atoms with Crippen LogP contribution < -0.4 is 4.74 Å². The lowest BCUT2D eigenvalue weighted by molar-refractivity contribution is 0.0733. The Kier molecular flexibility index (Phi) is 4.20. The Morgan fingerprint density at radius 1 is 1.00 bits per heavy atom. The van der Waals surface area contributed by atoms with E-state index in [2.05, 4.69) is 0 Å². The SMILES string of the molecule is O=Cc1ccc(Cl)cc1OC(=O)c1ccc(Cl)cc1. The first-order chi connectivity index (χ1) is 9.10. The number of hydrogen-bond donors (Lipinski definition) is 0. The predicted octanol–water partition coefficient (Wildman–Crippen LogP) is 4.03. The fourth-order valence-corrected chi connectivity index (χ4v) is 1.73. The average molecular weight is 295 g/mol. The lowest BCUT2D eigenvalue weighted by atomic mass is 10.2. The van der Waals surface area contributed by atoms with Crippen LogP contribution in [0.1, 0.15) is 20.7 Å². The minimum absolute atomic E-state index is 0.127. The molecular weight excluding hydrogens is 287 g/mol. The number of carbonyl (C=O) groups is 2. The lowest BCUT2D eigenvalue weighted by Gasteiger charge is -2.07. The van der Waals surface area contributed by atoms with E-state index in [0.29, 0.717) is 21.9 Å². The average Bonchev–Trinajstić information content (AvgIpc) is 2.39. The third-order valence-electron chi connectivity index (χ3n) is 2.39. The molecule has 0 unspecified atom stereocenters. The third kappa shape index (κ3) is 3.34. The van der Waals surface area contributed by atoms with Crippen LogP contribution in [0.3, 0.4) is 0 Å². The quantitative estimate of drug-likeness (QED) is 0.488. The molecule has 0 N–H and O–H groups in total. The number of carbonyl (C=O) groups excluding carboxylic acids is 2. The summed E-state index contributed by atoms with van der Waals surface area (Å²) in [6.45, 7) is 0. The van der Waals surface area contributed by atoms with Gasteiger partial charge < -0.3 is 4.74 Å². The zero-order valence-electron chi connectivity index (χ0n) is 9.60. The van der Waals surface area contributed by atoms with Crippen LogP contribution in [-0.4, -0.2) is 12.3 Å². The Hall–Kier alpha value is -1.84. The molecular formula is C14H8Cl2O3. The largest absolute Gasteiger partial charge is 0.422 e. The van der Waals surface area contributed by atoms with Crippen molar-refractivity contribution < 1.29 is 14.3 Å². The Balaban J connectivity index is 2.25. The second kappa shape index (κ2) is 5.87. The fourth-order valence-electron chi connectivity index (χ4n) is 1.44. The molecule has 0 aromatic heterocycles. The maximum atomic E-state index is 11.9. The van der Waals surface area contributed by atoms with Gasteiger partial charge in [0.15, 0.2) is 6.29 Å². The first-order valence-electron chi connectivity index (χ1n) is 5.32. The normalized spacial score (nSPS) is 10.0. The molecule has 0 saturated heterocycles. The van der Waals surface area contributed by atoms with Crippen molar-refractivity contribution in [1.29, 1.82) is 0 Å². The van der Waals surface area contributed by atoms with E-state index in [1.807, 2.05) is 0 Å². The molecule has 0 bridgehead atoms. The molecule has 0 fully saturated rings. The van der Waals surface area contributed by atoms with Gasteiger partial charge in [-0.2, -0.15) is 0 Å². The van der Waals surface area contributed by atoms with Crippen LogP contribution in [0.5, 0.6) is 5.75 Å².